The van der Waals surface area contributed by atoms with Crippen molar-refractivity contribution in [3.05, 3.63) is 27.8 Å². The number of aromatic nitrogens is 2. The molecule has 0 saturated heterocycles. The number of nitrogens with one attached hydrogen (secondary N) is 1. The van der Waals surface area contributed by atoms with Crippen LogP contribution in [-0.4, -0.2) is 15.1 Å². The molecule has 0 amide bonds. The Morgan fingerprint density at radius 3 is 2.63 bits per heavy atom. The zero-order valence-electron chi connectivity index (χ0n) is 8.83. The van der Waals surface area contributed by atoms with Crippen molar-refractivity contribution in [1.29, 1.82) is 0 Å². The molecule has 0 unspecified atom stereocenters. The smallest absolute Gasteiger partial charge is 0.404 e. The summed E-state index contributed by atoms with van der Waals surface area (Å²) in [4.78, 5) is 0. The Labute approximate surface area is 123 Å². The quantitative estimate of drug-likeness (QED) is 0.853. The molecular weight excluding hydrogens is 371 g/mol. The van der Waals surface area contributed by atoms with Crippen LogP contribution in [-0.2, 0) is 0 Å². The van der Waals surface area contributed by atoms with Crippen LogP contribution < -0.4 is 10.1 Å². The van der Waals surface area contributed by atoms with Gasteiger partial charge in [0.2, 0.25) is 0 Å². The summed E-state index contributed by atoms with van der Waals surface area (Å²) in [6.07, 6.45) is -4.79. The number of rotatable bonds is 3. The van der Waals surface area contributed by atoms with Gasteiger partial charge in [-0.2, -0.15) is 8.75 Å². The van der Waals surface area contributed by atoms with Gasteiger partial charge in [0.25, 0.3) is 0 Å². The maximum atomic E-state index is 12.3. The molecule has 0 radical (unpaired) electrons. The van der Waals surface area contributed by atoms with E-state index in [9.17, 15) is 13.2 Å². The molecule has 102 valence electrons. The number of hydrogen-bond donors (Lipinski definition) is 1. The van der Waals surface area contributed by atoms with Gasteiger partial charge in [-0.15, -0.1) is 13.2 Å². The van der Waals surface area contributed by atoms with Gasteiger partial charge >= 0.3 is 6.36 Å². The van der Waals surface area contributed by atoms with Crippen LogP contribution in [0.25, 0.3) is 0 Å². The molecule has 0 aliphatic heterocycles. The lowest BCUT2D eigenvalue weighted by Crippen LogP contribution is -2.18. The third-order valence-electron chi connectivity index (χ3n) is 1.87. The Hall–Kier alpha value is -1.06. The van der Waals surface area contributed by atoms with Crippen molar-refractivity contribution < 1.29 is 17.9 Å². The Bertz CT molecular complexity index is 592. The Morgan fingerprint density at radius 1 is 1.32 bits per heavy atom. The van der Waals surface area contributed by atoms with Gasteiger partial charge < -0.3 is 10.1 Å². The van der Waals surface area contributed by atoms with Gasteiger partial charge in [-0.3, -0.25) is 0 Å². The van der Waals surface area contributed by atoms with E-state index < -0.39 is 12.1 Å². The molecular formula is C9H4BrClF3N3OS. The molecule has 2 aromatic rings. The minimum absolute atomic E-state index is 0.0749. The minimum Gasteiger partial charge on any atom is -0.404 e. The SMILES string of the molecule is FC(F)(F)Oc1cc(Br)ccc1Nc1nsnc1Cl. The van der Waals surface area contributed by atoms with E-state index in [0.29, 0.717) is 4.47 Å². The first-order valence-electron chi connectivity index (χ1n) is 4.65. The van der Waals surface area contributed by atoms with Crippen LogP contribution in [0.5, 0.6) is 5.75 Å². The van der Waals surface area contributed by atoms with Gasteiger partial charge in [0, 0.05) is 4.47 Å². The van der Waals surface area contributed by atoms with Gasteiger partial charge in [0.15, 0.2) is 16.7 Å². The standard InChI is InChI=1S/C9H4BrClF3N3OS/c10-4-1-2-5(6(3-4)18-9(12,13)14)15-8-7(11)16-19-17-8/h1-3H,(H,15,17). The van der Waals surface area contributed by atoms with E-state index in [2.05, 4.69) is 34.7 Å². The molecule has 0 spiro atoms. The van der Waals surface area contributed by atoms with Gasteiger partial charge in [-0.1, -0.05) is 27.5 Å². The van der Waals surface area contributed by atoms with E-state index >= 15 is 0 Å². The molecule has 4 nitrogen and oxygen atoms in total. The fourth-order valence-electron chi connectivity index (χ4n) is 1.19. The maximum absolute atomic E-state index is 12.3. The summed E-state index contributed by atoms with van der Waals surface area (Å²) >= 11 is 9.62. The third kappa shape index (κ3) is 3.95. The van der Waals surface area contributed by atoms with Gasteiger partial charge in [0.05, 0.1) is 17.4 Å². The number of nitrogens with zero attached hydrogens (tertiary/aromatic N) is 2. The molecule has 1 N–H and O–H groups in total. The lowest BCUT2D eigenvalue weighted by Gasteiger charge is -2.14. The first kappa shape index (κ1) is 14.4. The molecule has 0 bridgehead atoms. The van der Waals surface area contributed by atoms with Crippen LogP contribution in [0.2, 0.25) is 5.15 Å². The second kappa shape index (κ2) is 5.51. The first-order valence-corrected chi connectivity index (χ1v) is 6.55. The molecule has 10 heteroatoms. The Morgan fingerprint density at radius 2 is 2.05 bits per heavy atom. The molecule has 0 saturated carbocycles. The normalized spacial score (nSPS) is 11.4. The topological polar surface area (TPSA) is 47.0 Å². The zero-order valence-corrected chi connectivity index (χ0v) is 12.0. The van der Waals surface area contributed by atoms with Crippen molar-refractivity contribution in [3.8, 4) is 5.75 Å². The summed E-state index contributed by atoms with van der Waals surface area (Å²) in [6.45, 7) is 0. The summed E-state index contributed by atoms with van der Waals surface area (Å²) in [5.41, 5.74) is 0.0788. The largest absolute Gasteiger partial charge is 0.573 e. The minimum atomic E-state index is -4.79. The van der Waals surface area contributed by atoms with E-state index in [0.717, 1.165) is 11.7 Å². The van der Waals surface area contributed by atoms with Crippen LogP contribution in [0.4, 0.5) is 24.7 Å². The molecule has 19 heavy (non-hydrogen) atoms. The number of benzene rings is 1. The number of anilines is 2. The third-order valence-corrected chi connectivity index (χ3v) is 3.26. The molecule has 1 aromatic carbocycles. The molecule has 1 aromatic heterocycles. The molecule has 0 aliphatic rings. The highest BCUT2D eigenvalue weighted by Crippen LogP contribution is 2.35. The van der Waals surface area contributed by atoms with Crippen LogP contribution >= 0.6 is 39.3 Å². The Kier molecular flexibility index (Phi) is 4.16. The predicted molar refractivity (Wildman–Crippen MR) is 69.0 cm³/mol. The zero-order chi connectivity index (χ0) is 14.0. The highest BCUT2D eigenvalue weighted by atomic mass is 79.9. The van der Waals surface area contributed by atoms with Crippen LogP contribution in [0.1, 0.15) is 0 Å². The monoisotopic (exact) mass is 373 g/mol. The highest BCUT2D eigenvalue weighted by molar-refractivity contribution is 9.10. The van der Waals surface area contributed by atoms with Crippen molar-refractivity contribution >= 4 is 50.8 Å². The molecule has 2 rings (SSSR count). The second-order valence-corrected chi connectivity index (χ2v) is 5.02. The summed E-state index contributed by atoms with van der Waals surface area (Å²) in [6, 6.07) is 4.14. The van der Waals surface area contributed by atoms with Crippen molar-refractivity contribution in [2.75, 3.05) is 5.32 Å². The average Bonchev–Trinajstić information content (AvgIpc) is 2.66. The fourth-order valence-corrected chi connectivity index (χ4v) is 2.17. The van der Waals surface area contributed by atoms with Crippen LogP contribution in [0.3, 0.4) is 0 Å². The van der Waals surface area contributed by atoms with Gasteiger partial charge in [0.1, 0.15) is 0 Å². The summed E-state index contributed by atoms with van der Waals surface area (Å²) in [5, 5.41) is 2.70. The van der Waals surface area contributed by atoms with Gasteiger partial charge in [-0.05, 0) is 18.2 Å². The number of ether oxygens (including phenoxy) is 1. The average molecular weight is 375 g/mol. The summed E-state index contributed by atoms with van der Waals surface area (Å²) in [7, 11) is 0. The lowest BCUT2D eigenvalue weighted by molar-refractivity contribution is -0.274. The van der Waals surface area contributed by atoms with Crippen LogP contribution in [0, 0.1) is 0 Å². The van der Waals surface area contributed by atoms with E-state index in [1.807, 2.05) is 0 Å². The molecule has 0 atom stereocenters. The highest BCUT2D eigenvalue weighted by Gasteiger charge is 2.32. The molecule has 1 heterocycles. The summed E-state index contributed by atoms with van der Waals surface area (Å²) in [5.74, 6) is -0.230. The van der Waals surface area contributed by atoms with Gasteiger partial charge in [-0.25, -0.2) is 0 Å². The number of halogens is 5. The molecule has 0 aliphatic carbocycles. The lowest BCUT2D eigenvalue weighted by atomic mass is 10.3. The Balaban J connectivity index is 2.32. The van der Waals surface area contributed by atoms with Crippen molar-refractivity contribution in [2.45, 2.75) is 6.36 Å². The van der Waals surface area contributed by atoms with Crippen LogP contribution in [0.15, 0.2) is 22.7 Å². The van der Waals surface area contributed by atoms with E-state index in [1.165, 1.54) is 12.1 Å². The first-order chi connectivity index (χ1) is 8.85. The predicted octanol–water partition coefficient (Wildman–Crippen LogP) is 4.60. The number of hydrogen-bond acceptors (Lipinski definition) is 5. The maximum Gasteiger partial charge on any atom is 0.573 e. The van der Waals surface area contributed by atoms with Crippen molar-refractivity contribution in [2.24, 2.45) is 0 Å². The second-order valence-electron chi connectivity index (χ2n) is 3.22. The van der Waals surface area contributed by atoms with E-state index in [1.54, 1.807) is 6.07 Å². The number of alkyl halides is 3. The fraction of sp³-hybridized carbons (Fsp3) is 0.111. The van der Waals surface area contributed by atoms with E-state index in [4.69, 9.17) is 11.6 Å². The summed E-state index contributed by atoms with van der Waals surface area (Å²) < 4.78 is 48.8. The molecule has 0 fully saturated rings. The van der Waals surface area contributed by atoms with E-state index in [-0.39, 0.29) is 16.7 Å². The van der Waals surface area contributed by atoms with Crippen molar-refractivity contribution in [1.82, 2.24) is 8.75 Å². The van der Waals surface area contributed by atoms with Crippen molar-refractivity contribution in [3.63, 3.8) is 0 Å².